The van der Waals surface area contributed by atoms with Crippen LogP contribution >= 0.6 is 0 Å². The van der Waals surface area contributed by atoms with Gasteiger partial charge in [-0.1, -0.05) is 30.3 Å². The minimum Gasteiger partial charge on any atom is -0.460 e. The van der Waals surface area contributed by atoms with Crippen LogP contribution in [0.4, 0.5) is 0 Å². The summed E-state index contributed by atoms with van der Waals surface area (Å²) in [6.07, 6.45) is 0.274. The lowest BCUT2D eigenvalue weighted by molar-refractivity contribution is -0.156. The molecule has 0 unspecified atom stereocenters. The quantitative estimate of drug-likeness (QED) is 0.542. The van der Waals surface area contributed by atoms with Gasteiger partial charge in [-0.2, -0.15) is 0 Å². The number of hydrogen-bond donors (Lipinski definition) is 0. The Morgan fingerprint density at radius 3 is 2.30 bits per heavy atom. The fourth-order valence-electron chi connectivity index (χ4n) is 1.53. The van der Waals surface area contributed by atoms with Gasteiger partial charge in [-0.25, -0.2) is 0 Å². The van der Waals surface area contributed by atoms with Gasteiger partial charge in [0.15, 0.2) is 0 Å². The lowest BCUT2D eigenvalue weighted by Gasteiger charge is -2.19. The van der Waals surface area contributed by atoms with Crippen molar-refractivity contribution in [1.29, 1.82) is 0 Å². The van der Waals surface area contributed by atoms with Crippen molar-refractivity contribution in [1.82, 2.24) is 0 Å². The molecule has 1 rings (SSSR count). The van der Waals surface area contributed by atoms with E-state index in [9.17, 15) is 4.79 Å². The van der Waals surface area contributed by atoms with Crippen LogP contribution in [0.2, 0.25) is 0 Å². The Balaban J connectivity index is 1.96. The van der Waals surface area contributed by atoms with E-state index >= 15 is 0 Å². The smallest absolute Gasteiger partial charge is 0.308 e. The van der Waals surface area contributed by atoms with Crippen LogP contribution in [0.5, 0.6) is 0 Å². The van der Waals surface area contributed by atoms with Crippen molar-refractivity contribution in [2.75, 3.05) is 19.8 Å². The second kappa shape index (κ2) is 8.72. The molecule has 0 amide bonds. The monoisotopic (exact) mass is 280 g/mol. The molecule has 0 atom stereocenters. The van der Waals surface area contributed by atoms with E-state index in [1.54, 1.807) is 0 Å². The zero-order chi connectivity index (χ0) is 14.8. The number of hydrogen-bond acceptors (Lipinski definition) is 4. The Kier molecular flexibility index (Phi) is 7.26. The number of carbonyl (C=O) groups excluding carboxylic acids is 1. The summed E-state index contributed by atoms with van der Waals surface area (Å²) in [4.78, 5) is 11.4. The van der Waals surface area contributed by atoms with Gasteiger partial charge in [0.1, 0.15) is 5.60 Å². The lowest BCUT2D eigenvalue weighted by atomic mass is 10.2. The molecule has 0 fully saturated rings. The molecule has 0 aromatic heterocycles. The first-order chi connectivity index (χ1) is 9.47. The van der Waals surface area contributed by atoms with Gasteiger partial charge in [-0.3, -0.25) is 4.79 Å². The molecule has 4 nitrogen and oxygen atoms in total. The third-order valence-corrected chi connectivity index (χ3v) is 2.35. The summed E-state index contributed by atoms with van der Waals surface area (Å²) in [7, 11) is 0. The van der Waals surface area contributed by atoms with Crippen LogP contribution < -0.4 is 0 Å². The molecule has 0 spiro atoms. The Morgan fingerprint density at radius 1 is 1.00 bits per heavy atom. The van der Waals surface area contributed by atoms with Crippen LogP contribution in [0.3, 0.4) is 0 Å². The van der Waals surface area contributed by atoms with Gasteiger partial charge >= 0.3 is 5.97 Å². The summed E-state index contributed by atoms with van der Waals surface area (Å²) in [5, 5.41) is 0. The second-order valence-electron chi connectivity index (χ2n) is 5.49. The Morgan fingerprint density at radius 2 is 1.65 bits per heavy atom. The summed E-state index contributed by atoms with van der Waals surface area (Å²) in [6.45, 7) is 7.49. The van der Waals surface area contributed by atoms with Crippen molar-refractivity contribution in [3.63, 3.8) is 0 Å². The maximum absolute atomic E-state index is 11.4. The Labute approximate surface area is 121 Å². The predicted octanol–water partition coefficient (Wildman–Crippen LogP) is 2.95. The fourth-order valence-corrected chi connectivity index (χ4v) is 1.53. The van der Waals surface area contributed by atoms with E-state index in [0.29, 0.717) is 26.4 Å². The summed E-state index contributed by atoms with van der Waals surface area (Å²) >= 11 is 0. The summed E-state index contributed by atoms with van der Waals surface area (Å²) in [5.74, 6) is -0.234. The average Bonchev–Trinajstić information content (AvgIpc) is 2.37. The molecule has 0 saturated carbocycles. The molecule has 1 aromatic rings. The molecule has 0 radical (unpaired) electrons. The molecule has 0 N–H and O–H groups in total. The standard InChI is InChI=1S/C16H24O4/c1-16(2,3)20-15(17)9-10-18-11-12-19-13-14-7-5-4-6-8-14/h4-8H,9-13H2,1-3H3. The highest BCUT2D eigenvalue weighted by atomic mass is 16.6. The highest BCUT2D eigenvalue weighted by Crippen LogP contribution is 2.08. The van der Waals surface area contributed by atoms with Crippen LogP contribution in [0.25, 0.3) is 0 Å². The lowest BCUT2D eigenvalue weighted by Crippen LogP contribution is -2.24. The Hall–Kier alpha value is -1.39. The second-order valence-corrected chi connectivity index (χ2v) is 5.49. The van der Waals surface area contributed by atoms with Crippen molar-refractivity contribution in [2.45, 2.75) is 39.4 Å². The largest absolute Gasteiger partial charge is 0.460 e. The third-order valence-electron chi connectivity index (χ3n) is 2.35. The SMILES string of the molecule is CC(C)(C)OC(=O)CCOCCOCc1ccccc1. The molecule has 1 aromatic carbocycles. The van der Waals surface area contributed by atoms with Crippen molar-refractivity contribution < 1.29 is 19.0 Å². The number of esters is 1. The van der Waals surface area contributed by atoms with Crippen LogP contribution in [-0.2, 0) is 25.6 Å². The van der Waals surface area contributed by atoms with E-state index in [2.05, 4.69) is 0 Å². The van der Waals surface area contributed by atoms with E-state index in [-0.39, 0.29) is 12.4 Å². The molecule has 0 saturated heterocycles. The first-order valence-corrected chi connectivity index (χ1v) is 6.88. The van der Waals surface area contributed by atoms with Gasteiger partial charge in [-0.15, -0.1) is 0 Å². The molecule has 4 heteroatoms. The topological polar surface area (TPSA) is 44.8 Å². The Bertz CT molecular complexity index is 381. The van der Waals surface area contributed by atoms with Crippen LogP contribution in [0.15, 0.2) is 30.3 Å². The minimum absolute atomic E-state index is 0.234. The van der Waals surface area contributed by atoms with E-state index in [1.807, 2.05) is 51.1 Å². The highest BCUT2D eigenvalue weighted by molar-refractivity contribution is 5.69. The van der Waals surface area contributed by atoms with Crippen molar-refractivity contribution in [3.05, 3.63) is 35.9 Å². The maximum atomic E-state index is 11.4. The zero-order valence-electron chi connectivity index (χ0n) is 12.6. The van der Waals surface area contributed by atoms with E-state index in [4.69, 9.17) is 14.2 Å². The fraction of sp³-hybridized carbons (Fsp3) is 0.562. The maximum Gasteiger partial charge on any atom is 0.308 e. The van der Waals surface area contributed by atoms with E-state index < -0.39 is 5.60 Å². The molecule has 20 heavy (non-hydrogen) atoms. The predicted molar refractivity (Wildman–Crippen MR) is 77.4 cm³/mol. The van der Waals surface area contributed by atoms with Crippen molar-refractivity contribution in [3.8, 4) is 0 Å². The van der Waals surface area contributed by atoms with Crippen LogP contribution in [-0.4, -0.2) is 31.4 Å². The van der Waals surface area contributed by atoms with E-state index in [1.165, 1.54) is 0 Å². The van der Waals surface area contributed by atoms with Crippen LogP contribution in [0, 0.1) is 0 Å². The first-order valence-electron chi connectivity index (χ1n) is 6.88. The normalized spacial score (nSPS) is 11.3. The molecular formula is C16H24O4. The van der Waals surface area contributed by atoms with Gasteiger partial charge in [0, 0.05) is 0 Å². The number of benzene rings is 1. The number of carbonyl (C=O) groups is 1. The molecule has 0 aliphatic carbocycles. The number of rotatable bonds is 8. The van der Waals surface area contributed by atoms with Gasteiger partial charge in [0.2, 0.25) is 0 Å². The summed E-state index contributed by atoms with van der Waals surface area (Å²) < 4.78 is 16.0. The van der Waals surface area contributed by atoms with E-state index in [0.717, 1.165) is 5.56 Å². The van der Waals surface area contributed by atoms with Crippen LogP contribution in [0.1, 0.15) is 32.8 Å². The molecule has 0 aliphatic rings. The van der Waals surface area contributed by atoms with Crippen molar-refractivity contribution in [2.24, 2.45) is 0 Å². The van der Waals surface area contributed by atoms with Gasteiger partial charge in [0.25, 0.3) is 0 Å². The summed E-state index contributed by atoms with van der Waals surface area (Å²) in [6, 6.07) is 9.97. The number of ether oxygens (including phenoxy) is 3. The van der Waals surface area contributed by atoms with Crippen molar-refractivity contribution >= 4 is 5.97 Å². The molecular weight excluding hydrogens is 256 g/mol. The first kappa shape index (κ1) is 16.7. The molecule has 0 bridgehead atoms. The molecule has 112 valence electrons. The third kappa shape index (κ3) is 8.67. The van der Waals surface area contributed by atoms with Gasteiger partial charge in [-0.05, 0) is 26.3 Å². The highest BCUT2D eigenvalue weighted by Gasteiger charge is 2.15. The zero-order valence-corrected chi connectivity index (χ0v) is 12.6. The van der Waals surface area contributed by atoms with Gasteiger partial charge in [0.05, 0.1) is 32.8 Å². The minimum atomic E-state index is -0.435. The molecule has 0 aliphatic heterocycles. The van der Waals surface area contributed by atoms with Gasteiger partial charge < -0.3 is 14.2 Å². The molecule has 0 heterocycles. The average molecular weight is 280 g/mol. The summed E-state index contributed by atoms with van der Waals surface area (Å²) in [5.41, 5.74) is 0.705.